The van der Waals surface area contributed by atoms with Crippen molar-refractivity contribution >= 4 is 17.5 Å². The van der Waals surface area contributed by atoms with Crippen LogP contribution in [-0.4, -0.2) is 15.9 Å². The second kappa shape index (κ2) is 9.13. The molecule has 154 valence electrons. The predicted molar refractivity (Wildman–Crippen MR) is 115 cm³/mol. The quantitative estimate of drug-likeness (QED) is 0.459. The molecule has 31 heavy (non-hydrogen) atoms. The van der Waals surface area contributed by atoms with Crippen LogP contribution in [0.5, 0.6) is 0 Å². The van der Waals surface area contributed by atoms with Crippen LogP contribution in [0.4, 0.5) is 20.4 Å². The molecule has 0 saturated heterocycles. The van der Waals surface area contributed by atoms with Crippen molar-refractivity contribution in [1.29, 1.82) is 0 Å². The molecule has 0 saturated carbocycles. The van der Waals surface area contributed by atoms with E-state index in [9.17, 15) is 13.6 Å². The first-order chi connectivity index (χ1) is 15.1. The van der Waals surface area contributed by atoms with Crippen LogP contribution in [-0.2, 0) is 6.54 Å². The lowest BCUT2D eigenvalue weighted by atomic mass is 10.1. The molecule has 5 nitrogen and oxygen atoms in total. The van der Waals surface area contributed by atoms with Crippen molar-refractivity contribution in [3.05, 3.63) is 108 Å². The van der Waals surface area contributed by atoms with Crippen LogP contribution in [0, 0.1) is 11.6 Å². The van der Waals surface area contributed by atoms with E-state index in [4.69, 9.17) is 0 Å². The molecule has 0 spiro atoms. The fourth-order valence-electron chi connectivity index (χ4n) is 3.00. The largest absolute Gasteiger partial charge is 0.348 e. The third-order valence-corrected chi connectivity index (χ3v) is 4.59. The number of amides is 1. The SMILES string of the molecule is O=C(NCc1ccccc1F)c1cccc(Nc2ncc(-c3cccc(F)c3)cn2)c1. The third kappa shape index (κ3) is 5.08. The molecule has 0 aliphatic rings. The molecule has 1 heterocycles. The highest BCUT2D eigenvalue weighted by atomic mass is 19.1. The van der Waals surface area contributed by atoms with Crippen LogP contribution in [0.2, 0.25) is 0 Å². The number of hydrogen-bond acceptors (Lipinski definition) is 4. The lowest BCUT2D eigenvalue weighted by Gasteiger charge is -2.09. The molecular weight excluding hydrogens is 398 g/mol. The molecule has 0 unspecified atom stereocenters. The van der Waals surface area contributed by atoms with E-state index in [1.165, 1.54) is 18.2 Å². The number of anilines is 2. The first-order valence-electron chi connectivity index (χ1n) is 9.55. The average molecular weight is 416 g/mol. The maximum Gasteiger partial charge on any atom is 0.251 e. The number of aromatic nitrogens is 2. The lowest BCUT2D eigenvalue weighted by molar-refractivity contribution is 0.0950. The normalized spacial score (nSPS) is 10.5. The van der Waals surface area contributed by atoms with Crippen molar-refractivity contribution < 1.29 is 13.6 Å². The summed E-state index contributed by atoms with van der Waals surface area (Å²) in [6.07, 6.45) is 3.18. The number of carbonyl (C=O) groups is 1. The summed E-state index contributed by atoms with van der Waals surface area (Å²) >= 11 is 0. The first-order valence-corrected chi connectivity index (χ1v) is 9.55. The molecule has 0 atom stereocenters. The highest BCUT2D eigenvalue weighted by molar-refractivity contribution is 5.95. The minimum Gasteiger partial charge on any atom is -0.348 e. The molecule has 2 N–H and O–H groups in total. The Bertz CT molecular complexity index is 1210. The van der Waals surface area contributed by atoms with Crippen LogP contribution in [0.3, 0.4) is 0 Å². The number of hydrogen-bond donors (Lipinski definition) is 2. The van der Waals surface area contributed by atoms with E-state index in [-0.39, 0.29) is 24.1 Å². The van der Waals surface area contributed by atoms with E-state index >= 15 is 0 Å². The van der Waals surface area contributed by atoms with Gasteiger partial charge in [0.2, 0.25) is 5.95 Å². The van der Waals surface area contributed by atoms with Gasteiger partial charge in [-0.3, -0.25) is 4.79 Å². The Hall–Kier alpha value is -4.13. The zero-order chi connectivity index (χ0) is 21.6. The van der Waals surface area contributed by atoms with E-state index in [2.05, 4.69) is 20.6 Å². The maximum atomic E-state index is 13.7. The zero-order valence-electron chi connectivity index (χ0n) is 16.3. The molecule has 0 fully saturated rings. The Morgan fingerprint density at radius 2 is 1.61 bits per heavy atom. The van der Waals surface area contributed by atoms with Gasteiger partial charge in [-0.15, -0.1) is 0 Å². The van der Waals surface area contributed by atoms with Gasteiger partial charge < -0.3 is 10.6 Å². The van der Waals surface area contributed by atoms with E-state index < -0.39 is 0 Å². The molecular formula is C24H18F2N4O. The van der Waals surface area contributed by atoms with E-state index in [1.807, 2.05) is 0 Å². The van der Waals surface area contributed by atoms with E-state index in [0.29, 0.717) is 33.9 Å². The summed E-state index contributed by atoms with van der Waals surface area (Å²) in [5.41, 5.74) is 2.82. The van der Waals surface area contributed by atoms with Crippen molar-refractivity contribution in [2.45, 2.75) is 6.54 Å². The first kappa shape index (κ1) is 20.2. The number of carbonyl (C=O) groups excluding carboxylic acids is 1. The zero-order valence-corrected chi connectivity index (χ0v) is 16.3. The molecule has 0 radical (unpaired) electrons. The Labute approximate surface area is 177 Å². The van der Waals surface area contributed by atoms with Gasteiger partial charge in [-0.1, -0.05) is 36.4 Å². The molecule has 4 aromatic rings. The van der Waals surface area contributed by atoms with Crippen molar-refractivity contribution in [1.82, 2.24) is 15.3 Å². The van der Waals surface area contributed by atoms with Crippen molar-refractivity contribution in [2.75, 3.05) is 5.32 Å². The van der Waals surface area contributed by atoms with Crippen molar-refractivity contribution in [3.8, 4) is 11.1 Å². The van der Waals surface area contributed by atoms with Gasteiger partial charge in [-0.2, -0.15) is 0 Å². The minimum absolute atomic E-state index is 0.0911. The van der Waals surface area contributed by atoms with Crippen LogP contribution in [0.25, 0.3) is 11.1 Å². The second-order valence-corrected chi connectivity index (χ2v) is 6.79. The molecule has 4 rings (SSSR count). The Morgan fingerprint density at radius 3 is 2.39 bits per heavy atom. The summed E-state index contributed by atoms with van der Waals surface area (Å²) in [6, 6.07) is 19.3. The fourth-order valence-corrected chi connectivity index (χ4v) is 3.00. The Kier molecular flexibility index (Phi) is 5.93. The van der Waals surface area contributed by atoms with Gasteiger partial charge in [0.1, 0.15) is 11.6 Å². The van der Waals surface area contributed by atoms with E-state index in [0.717, 1.165) is 0 Å². The maximum absolute atomic E-state index is 13.7. The number of benzene rings is 3. The fraction of sp³-hybridized carbons (Fsp3) is 0.0417. The van der Waals surface area contributed by atoms with Gasteiger partial charge in [0.15, 0.2) is 0 Å². The monoisotopic (exact) mass is 416 g/mol. The van der Waals surface area contributed by atoms with Gasteiger partial charge in [-0.05, 0) is 42.0 Å². The average Bonchev–Trinajstić information content (AvgIpc) is 2.79. The summed E-state index contributed by atoms with van der Waals surface area (Å²) in [4.78, 5) is 20.9. The highest BCUT2D eigenvalue weighted by Gasteiger charge is 2.09. The summed E-state index contributed by atoms with van der Waals surface area (Å²) in [7, 11) is 0. The van der Waals surface area contributed by atoms with Crippen LogP contribution < -0.4 is 10.6 Å². The number of halogens is 2. The second-order valence-electron chi connectivity index (χ2n) is 6.79. The number of nitrogens with zero attached hydrogens (tertiary/aromatic N) is 2. The van der Waals surface area contributed by atoms with Gasteiger partial charge >= 0.3 is 0 Å². The standard InChI is InChI=1S/C24H18F2N4O/c25-20-8-3-6-16(11-20)19-14-28-24(29-15-19)30-21-9-4-7-17(12-21)23(31)27-13-18-5-1-2-10-22(18)26/h1-12,14-15H,13H2,(H,27,31)(H,28,29,30). The minimum atomic E-state index is -0.364. The van der Waals surface area contributed by atoms with Crippen molar-refractivity contribution in [2.24, 2.45) is 0 Å². The molecule has 1 amide bonds. The van der Waals surface area contributed by atoms with Gasteiger partial charge in [0.05, 0.1) is 0 Å². The number of nitrogens with one attached hydrogen (secondary N) is 2. The summed E-state index contributed by atoms with van der Waals surface area (Å²) in [5, 5.41) is 5.74. The summed E-state index contributed by atoms with van der Waals surface area (Å²) < 4.78 is 27.1. The summed E-state index contributed by atoms with van der Waals surface area (Å²) in [6.45, 7) is 0.0911. The Morgan fingerprint density at radius 1 is 0.839 bits per heavy atom. The molecule has 0 aliphatic heterocycles. The smallest absolute Gasteiger partial charge is 0.251 e. The van der Waals surface area contributed by atoms with Crippen LogP contribution in [0.1, 0.15) is 15.9 Å². The van der Waals surface area contributed by atoms with Gasteiger partial charge in [0, 0.05) is 41.3 Å². The van der Waals surface area contributed by atoms with Gasteiger partial charge in [0.25, 0.3) is 5.91 Å². The third-order valence-electron chi connectivity index (χ3n) is 4.59. The molecule has 7 heteroatoms. The van der Waals surface area contributed by atoms with Gasteiger partial charge in [-0.25, -0.2) is 18.7 Å². The summed E-state index contributed by atoms with van der Waals surface area (Å²) in [5.74, 6) is -0.680. The van der Waals surface area contributed by atoms with Crippen molar-refractivity contribution in [3.63, 3.8) is 0 Å². The van der Waals surface area contributed by atoms with E-state index in [1.54, 1.807) is 67.0 Å². The van der Waals surface area contributed by atoms with Crippen LogP contribution >= 0.6 is 0 Å². The topological polar surface area (TPSA) is 66.9 Å². The molecule has 1 aromatic heterocycles. The molecule has 0 bridgehead atoms. The number of rotatable bonds is 6. The lowest BCUT2D eigenvalue weighted by Crippen LogP contribution is -2.23. The Balaban J connectivity index is 1.42. The molecule has 3 aromatic carbocycles. The predicted octanol–water partition coefficient (Wildman–Crippen LogP) is 5.10. The highest BCUT2D eigenvalue weighted by Crippen LogP contribution is 2.20. The van der Waals surface area contributed by atoms with Crippen LogP contribution in [0.15, 0.2) is 85.2 Å². The molecule has 0 aliphatic carbocycles.